The first kappa shape index (κ1) is 13.7. The monoisotopic (exact) mass is 252 g/mol. The van der Waals surface area contributed by atoms with E-state index in [1.54, 1.807) is 30.3 Å². The zero-order chi connectivity index (χ0) is 13.1. The molecule has 0 saturated carbocycles. The van der Waals surface area contributed by atoms with Crippen molar-refractivity contribution in [2.24, 2.45) is 0 Å². The van der Waals surface area contributed by atoms with Crippen molar-refractivity contribution in [2.75, 3.05) is 6.54 Å². The second kappa shape index (κ2) is 4.86. The summed E-state index contributed by atoms with van der Waals surface area (Å²) in [5.74, 6) is 0. The molecule has 0 aliphatic heterocycles. The van der Waals surface area contributed by atoms with Crippen LogP contribution in [0, 0.1) is 11.3 Å². The van der Waals surface area contributed by atoms with Crippen molar-refractivity contribution in [2.45, 2.75) is 31.1 Å². The normalized spacial score (nSPS) is 12.1. The second-order valence-electron chi connectivity index (χ2n) is 4.76. The molecule has 0 aliphatic rings. The Hall–Kier alpha value is -1.38. The van der Waals surface area contributed by atoms with E-state index >= 15 is 0 Å². The maximum absolute atomic E-state index is 11.7. The van der Waals surface area contributed by atoms with Crippen LogP contribution in [0.25, 0.3) is 0 Å². The lowest BCUT2D eigenvalue weighted by Crippen LogP contribution is -2.24. The SMILES string of the molecule is CC(C)(C)c1ccc(S(=O)(=O)NCC#N)cc1. The minimum absolute atomic E-state index is 0.0115. The molecule has 0 aliphatic carbocycles. The number of nitriles is 1. The van der Waals surface area contributed by atoms with Crippen LogP contribution in [0.4, 0.5) is 0 Å². The minimum atomic E-state index is -3.56. The molecule has 92 valence electrons. The van der Waals surface area contributed by atoms with E-state index < -0.39 is 10.0 Å². The van der Waals surface area contributed by atoms with Gasteiger partial charge in [0.05, 0.1) is 17.5 Å². The van der Waals surface area contributed by atoms with Gasteiger partial charge in [0.2, 0.25) is 10.0 Å². The van der Waals surface area contributed by atoms with Crippen molar-refractivity contribution in [1.82, 2.24) is 4.72 Å². The van der Waals surface area contributed by atoms with Crippen molar-refractivity contribution >= 4 is 10.0 Å². The summed E-state index contributed by atoms with van der Waals surface area (Å²) in [6, 6.07) is 8.44. The third-order valence-electron chi connectivity index (χ3n) is 2.37. The van der Waals surface area contributed by atoms with Gasteiger partial charge in [0, 0.05) is 0 Å². The van der Waals surface area contributed by atoms with E-state index in [1.807, 2.05) is 0 Å². The van der Waals surface area contributed by atoms with Crippen LogP contribution in [-0.2, 0) is 15.4 Å². The lowest BCUT2D eigenvalue weighted by atomic mass is 9.87. The lowest BCUT2D eigenvalue weighted by molar-refractivity contribution is 0.581. The summed E-state index contributed by atoms with van der Waals surface area (Å²) in [6.45, 7) is 5.96. The van der Waals surface area contributed by atoms with Gasteiger partial charge in [0.25, 0.3) is 0 Å². The first-order valence-electron chi connectivity index (χ1n) is 5.24. The molecule has 0 heterocycles. The number of sulfonamides is 1. The molecular weight excluding hydrogens is 236 g/mol. The number of hydrogen-bond donors (Lipinski definition) is 1. The number of rotatable bonds is 3. The van der Waals surface area contributed by atoms with Gasteiger partial charge in [0.15, 0.2) is 0 Å². The van der Waals surface area contributed by atoms with Gasteiger partial charge in [-0.1, -0.05) is 32.9 Å². The first-order chi connectivity index (χ1) is 7.77. The molecule has 0 fully saturated rings. The molecular formula is C12H16N2O2S. The van der Waals surface area contributed by atoms with Gasteiger partial charge < -0.3 is 0 Å². The Morgan fingerprint density at radius 1 is 1.24 bits per heavy atom. The second-order valence-corrected chi connectivity index (χ2v) is 6.52. The third kappa shape index (κ3) is 3.55. The van der Waals surface area contributed by atoms with Crippen molar-refractivity contribution in [3.05, 3.63) is 29.8 Å². The van der Waals surface area contributed by atoms with E-state index in [1.165, 1.54) is 0 Å². The number of hydrogen-bond acceptors (Lipinski definition) is 3. The Morgan fingerprint density at radius 2 is 1.76 bits per heavy atom. The molecule has 1 aromatic rings. The summed E-state index contributed by atoms with van der Waals surface area (Å²) in [6.07, 6.45) is 0. The molecule has 1 N–H and O–H groups in total. The number of nitrogens with zero attached hydrogens (tertiary/aromatic N) is 1. The molecule has 0 spiro atoms. The predicted octanol–water partition coefficient (Wildman–Crippen LogP) is 1.79. The smallest absolute Gasteiger partial charge is 0.207 e. The molecule has 5 heteroatoms. The highest BCUT2D eigenvalue weighted by Crippen LogP contribution is 2.23. The predicted molar refractivity (Wildman–Crippen MR) is 65.9 cm³/mol. The van der Waals surface area contributed by atoms with Crippen LogP contribution >= 0.6 is 0 Å². The molecule has 0 unspecified atom stereocenters. The fourth-order valence-electron chi connectivity index (χ4n) is 1.34. The van der Waals surface area contributed by atoms with Gasteiger partial charge in [0.1, 0.15) is 0 Å². The highest BCUT2D eigenvalue weighted by atomic mass is 32.2. The van der Waals surface area contributed by atoms with E-state index in [0.717, 1.165) is 5.56 Å². The lowest BCUT2D eigenvalue weighted by Gasteiger charge is -2.19. The Labute approximate surface area is 102 Å². The van der Waals surface area contributed by atoms with Gasteiger partial charge >= 0.3 is 0 Å². The average Bonchev–Trinajstić information content (AvgIpc) is 2.25. The molecule has 1 rings (SSSR count). The van der Waals surface area contributed by atoms with Crippen LogP contribution in [-0.4, -0.2) is 15.0 Å². The van der Waals surface area contributed by atoms with E-state index in [9.17, 15) is 8.42 Å². The van der Waals surface area contributed by atoms with Gasteiger partial charge in [-0.3, -0.25) is 0 Å². The van der Waals surface area contributed by atoms with Gasteiger partial charge in [-0.25, -0.2) is 8.42 Å². The number of benzene rings is 1. The Balaban J connectivity index is 3.00. The van der Waals surface area contributed by atoms with Gasteiger partial charge in [-0.2, -0.15) is 9.98 Å². The van der Waals surface area contributed by atoms with Crippen LogP contribution < -0.4 is 4.72 Å². The van der Waals surface area contributed by atoms with Crippen molar-refractivity contribution < 1.29 is 8.42 Å². The average molecular weight is 252 g/mol. The van der Waals surface area contributed by atoms with Crippen LogP contribution in [0.3, 0.4) is 0 Å². The zero-order valence-electron chi connectivity index (χ0n) is 10.2. The highest BCUT2D eigenvalue weighted by molar-refractivity contribution is 7.89. The molecule has 0 atom stereocenters. The van der Waals surface area contributed by atoms with Crippen molar-refractivity contribution in [3.8, 4) is 6.07 Å². The summed E-state index contributed by atoms with van der Waals surface area (Å²) < 4.78 is 25.6. The largest absolute Gasteiger partial charge is 0.241 e. The highest BCUT2D eigenvalue weighted by Gasteiger charge is 2.16. The summed E-state index contributed by atoms with van der Waals surface area (Å²) in [7, 11) is -3.56. The van der Waals surface area contributed by atoms with E-state index in [4.69, 9.17) is 5.26 Å². The molecule has 0 bridgehead atoms. The fraction of sp³-hybridized carbons (Fsp3) is 0.417. The van der Waals surface area contributed by atoms with Crippen LogP contribution in [0.2, 0.25) is 0 Å². The molecule has 1 aromatic carbocycles. The molecule has 17 heavy (non-hydrogen) atoms. The Bertz CT molecular complexity index is 519. The topological polar surface area (TPSA) is 70.0 Å². The maximum Gasteiger partial charge on any atom is 0.241 e. The molecule has 0 radical (unpaired) electrons. The van der Waals surface area contributed by atoms with Crippen LogP contribution in [0.1, 0.15) is 26.3 Å². The minimum Gasteiger partial charge on any atom is -0.207 e. The Kier molecular flexibility index (Phi) is 3.91. The summed E-state index contributed by atoms with van der Waals surface area (Å²) in [5.41, 5.74) is 1.05. The van der Waals surface area contributed by atoms with Crippen LogP contribution in [0.5, 0.6) is 0 Å². The van der Waals surface area contributed by atoms with Crippen molar-refractivity contribution in [1.29, 1.82) is 5.26 Å². The molecule has 0 aromatic heterocycles. The first-order valence-corrected chi connectivity index (χ1v) is 6.73. The summed E-state index contributed by atoms with van der Waals surface area (Å²) >= 11 is 0. The van der Waals surface area contributed by atoms with E-state index in [2.05, 4.69) is 25.5 Å². The number of nitrogens with one attached hydrogen (secondary N) is 1. The molecule has 0 saturated heterocycles. The summed E-state index contributed by atoms with van der Waals surface area (Å²) in [4.78, 5) is 0.181. The molecule has 4 nitrogen and oxygen atoms in total. The van der Waals surface area contributed by atoms with Gasteiger partial charge in [-0.05, 0) is 23.1 Å². The summed E-state index contributed by atoms with van der Waals surface area (Å²) in [5, 5.41) is 8.35. The van der Waals surface area contributed by atoms with E-state index in [0.29, 0.717) is 0 Å². The standard InChI is InChI=1S/C12H16N2O2S/c1-12(2,3)10-4-6-11(7-5-10)17(15,16)14-9-8-13/h4-7,14H,9H2,1-3H3. The van der Waals surface area contributed by atoms with E-state index in [-0.39, 0.29) is 16.9 Å². The fourth-order valence-corrected chi connectivity index (χ4v) is 2.26. The quantitative estimate of drug-likeness (QED) is 0.834. The van der Waals surface area contributed by atoms with Gasteiger partial charge in [-0.15, -0.1) is 0 Å². The third-order valence-corrected chi connectivity index (χ3v) is 3.79. The van der Waals surface area contributed by atoms with Crippen LogP contribution in [0.15, 0.2) is 29.2 Å². The Morgan fingerprint density at radius 3 is 2.18 bits per heavy atom. The molecule has 0 amide bonds. The zero-order valence-corrected chi connectivity index (χ0v) is 11.0. The maximum atomic E-state index is 11.7. The van der Waals surface area contributed by atoms with Crippen molar-refractivity contribution in [3.63, 3.8) is 0 Å².